The Morgan fingerprint density at radius 1 is 1.15 bits per heavy atom. The van der Waals surface area contributed by atoms with Gasteiger partial charge in [-0.25, -0.2) is 4.79 Å². The fourth-order valence-corrected chi connectivity index (χ4v) is 2.02. The van der Waals surface area contributed by atoms with Crippen LogP contribution in [0.2, 0.25) is 0 Å². The van der Waals surface area contributed by atoms with Gasteiger partial charge in [0.15, 0.2) is 0 Å². The van der Waals surface area contributed by atoms with Crippen molar-refractivity contribution < 1.29 is 19.1 Å². The van der Waals surface area contributed by atoms with Crippen molar-refractivity contribution in [2.24, 2.45) is 0 Å². The molecule has 1 amide bonds. The molecule has 0 aliphatic rings. The van der Waals surface area contributed by atoms with Gasteiger partial charge in [-0.2, -0.15) is 0 Å². The fourth-order valence-electron chi connectivity index (χ4n) is 2.02. The fraction of sp³-hybridized carbons (Fsp3) is 0.200. The Labute approximate surface area is 116 Å². The number of carboxylic acids is 1. The van der Waals surface area contributed by atoms with Gasteiger partial charge in [0.2, 0.25) is 5.76 Å². The van der Waals surface area contributed by atoms with Crippen LogP contribution in [0.3, 0.4) is 0 Å². The van der Waals surface area contributed by atoms with Crippen LogP contribution in [0.5, 0.6) is 0 Å². The van der Waals surface area contributed by atoms with Gasteiger partial charge in [0, 0.05) is 5.56 Å². The molecule has 1 aromatic heterocycles. The number of aromatic carboxylic acids is 1. The molecule has 0 bridgehead atoms. The Bertz CT molecular complexity index is 637. The maximum atomic E-state index is 12.1. The lowest BCUT2D eigenvalue weighted by Crippen LogP contribution is -2.24. The molecule has 0 spiro atoms. The minimum Gasteiger partial charge on any atom is -0.475 e. The zero-order chi connectivity index (χ0) is 14.7. The van der Waals surface area contributed by atoms with Gasteiger partial charge in [0.1, 0.15) is 5.76 Å². The molecule has 2 rings (SSSR count). The Morgan fingerprint density at radius 2 is 1.80 bits per heavy atom. The first-order valence-electron chi connectivity index (χ1n) is 6.15. The van der Waals surface area contributed by atoms with Gasteiger partial charge < -0.3 is 14.8 Å². The summed E-state index contributed by atoms with van der Waals surface area (Å²) >= 11 is 0. The number of amides is 1. The SMILES string of the molecule is Cc1cccc(C)c1C(=O)NCc1ccc(C(=O)O)o1. The third-order valence-electron chi connectivity index (χ3n) is 3.00. The molecule has 0 fully saturated rings. The summed E-state index contributed by atoms with van der Waals surface area (Å²) in [6, 6.07) is 8.54. The number of hydrogen-bond donors (Lipinski definition) is 2. The topological polar surface area (TPSA) is 79.5 Å². The van der Waals surface area contributed by atoms with Gasteiger partial charge in [-0.1, -0.05) is 18.2 Å². The van der Waals surface area contributed by atoms with E-state index in [-0.39, 0.29) is 18.2 Å². The Kier molecular flexibility index (Phi) is 3.89. The van der Waals surface area contributed by atoms with Crippen LogP contribution in [0.15, 0.2) is 34.7 Å². The summed E-state index contributed by atoms with van der Waals surface area (Å²) in [5.74, 6) is -1.06. The number of furan rings is 1. The summed E-state index contributed by atoms with van der Waals surface area (Å²) in [6.45, 7) is 3.90. The lowest BCUT2D eigenvalue weighted by Gasteiger charge is -2.09. The van der Waals surface area contributed by atoms with E-state index >= 15 is 0 Å². The molecule has 0 saturated heterocycles. The first kappa shape index (κ1) is 13.9. The number of carbonyl (C=O) groups is 2. The Morgan fingerprint density at radius 3 is 2.35 bits per heavy atom. The van der Waals surface area contributed by atoms with Gasteiger partial charge in [0.25, 0.3) is 5.91 Å². The van der Waals surface area contributed by atoms with Crippen LogP contribution in [-0.2, 0) is 6.54 Å². The highest BCUT2D eigenvalue weighted by molar-refractivity contribution is 5.97. The Balaban J connectivity index is 2.07. The molecule has 0 unspecified atom stereocenters. The smallest absolute Gasteiger partial charge is 0.371 e. The second kappa shape index (κ2) is 5.61. The zero-order valence-electron chi connectivity index (χ0n) is 11.3. The quantitative estimate of drug-likeness (QED) is 0.897. The molecule has 0 aliphatic heterocycles. The van der Waals surface area contributed by atoms with E-state index in [1.54, 1.807) is 0 Å². The van der Waals surface area contributed by atoms with E-state index in [2.05, 4.69) is 5.32 Å². The Hall–Kier alpha value is -2.56. The summed E-state index contributed by atoms with van der Waals surface area (Å²) in [5, 5.41) is 11.5. The summed E-state index contributed by atoms with van der Waals surface area (Å²) in [5.41, 5.74) is 2.43. The molecule has 0 atom stereocenters. The van der Waals surface area contributed by atoms with E-state index in [1.807, 2.05) is 32.0 Å². The minimum atomic E-state index is -1.13. The maximum absolute atomic E-state index is 12.1. The summed E-state index contributed by atoms with van der Waals surface area (Å²) in [4.78, 5) is 22.8. The molecular formula is C15H15NO4. The second-order valence-corrected chi connectivity index (χ2v) is 4.52. The number of benzene rings is 1. The molecule has 0 aliphatic carbocycles. The third-order valence-corrected chi connectivity index (χ3v) is 3.00. The number of carbonyl (C=O) groups excluding carboxylic acids is 1. The van der Waals surface area contributed by atoms with E-state index in [0.29, 0.717) is 11.3 Å². The summed E-state index contributed by atoms with van der Waals surface area (Å²) in [6.07, 6.45) is 0. The predicted molar refractivity (Wildman–Crippen MR) is 72.8 cm³/mol. The first-order chi connectivity index (χ1) is 9.49. The zero-order valence-corrected chi connectivity index (χ0v) is 11.3. The predicted octanol–water partition coefficient (Wildman–Crippen LogP) is 2.52. The maximum Gasteiger partial charge on any atom is 0.371 e. The number of carboxylic acid groups (broad SMARTS) is 1. The van der Waals surface area contributed by atoms with E-state index in [1.165, 1.54) is 12.1 Å². The standard InChI is InChI=1S/C15H15NO4/c1-9-4-3-5-10(2)13(9)14(17)16-8-11-6-7-12(20-11)15(18)19/h3-7H,8H2,1-2H3,(H,16,17)(H,18,19). The summed E-state index contributed by atoms with van der Waals surface area (Å²) < 4.78 is 5.08. The monoisotopic (exact) mass is 273 g/mol. The lowest BCUT2D eigenvalue weighted by molar-refractivity contribution is 0.0660. The molecule has 0 saturated carbocycles. The highest BCUT2D eigenvalue weighted by atomic mass is 16.4. The van der Waals surface area contributed by atoms with Crippen LogP contribution in [0.1, 0.15) is 37.8 Å². The molecule has 20 heavy (non-hydrogen) atoms. The molecule has 2 aromatic rings. The van der Waals surface area contributed by atoms with Crippen molar-refractivity contribution in [1.29, 1.82) is 0 Å². The third kappa shape index (κ3) is 2.88. The van der Waals surface area contributed by atoms with Crippen LogP contribution in [0.25, 0.3) is 0 Å². The second-order valence-electron chi connectivity index (χ2n) is 4.52. The van der Waals surface area contributed by atoms with Crippen molar-refractivity contribution in [2.75, 3.05) is 0 Å². The number of aryl methyl sites for hydroxylation is 2. The molecule has 5 heteroatoms. The minimum absolute atomic E-state index is 0.138. The van der Waals surface area contributed by atoms with Crippen molar-refractivity contribution in [3.63, 3.8) is 0 Å². The van der Waals surface area contributed by atoms with Gasteiger partial charge in [-0.3, -0.25) is 4.79 Å². The molecule has 1 heterocycles. The van der Waals surface area contributed by atoms with Gasteiger partial charge in [-0.05, 0) is 37.1 Å². The van der Waals surface area contributed by atoms with Crippen molar-refractivity contribution in [2.45, 2.75) is 20.4 Å². The van der Waals surface area contributed by atoms with Gasteiger partial charge in [0.05, 0.1) is 6.54 Å². The molecule has 104 valence electrons. The molecule has 0 radical (unpaired) electrons. The van der Waals surface area contributed by atoms with E-state index in [9.17, 15) is 9.59 Å². The largest absolute Gasteiger partial charge is 0.475 e. The van der Waals surface area contributed by atoms with Crippen LogP contribution >= 0.6 is 0 Å². The van der Waals surface area contributed by atoms with Crippen molar-refractivity contribution in [1.82, 2.24) is 5.32 Å². The summed E-state index contributed by atoms with van der Waals surface area (Å²) in [7, 11) is 0. The molecule has 1 aromatic carbocycles. The molecule has 5 nitrogen and oxygen atoms in total. The van der Waals surface area contributed by atoms with Crippen molar-refractivity contribution in [3.8, 4) is 0 Å². The van der Waals surface area contributed by atoms with Crippen LogP contribution < -0.4 is 5.32 Å². The number of rotatable bonds is 4. The lowest BCUT2D eigenvalue weighted by atomic mass is 10.0. The van der Waals surface area contributed by atoms with E-state index in [0.717, 1.165) is 11.1 Å². The highest BCUT2D eigenvalue weighted by Crippen LogP contribution is 2.13. The average molecular weight is 273 g/mol. The molecule has 2 N–H and O–H groups in total. The number of nitrogens with one attached hydrogen (secondary N) is 1. The normalized spacial score (nSPS) is 10.3. The van der Waals surface area contributed by atoms with Gasteiger partial charge >= 0.3 is 5.97 Å². The number of hydrogen-bond acceptors (Lipinski definition) is 3. The average Bonchev–Trinajstić information content (AvgIpc) is 2.85. The van der Waals surface area contributed by atoms with E-state index in [4.69, 9.17) is 9.52 Å². The van der Waals surface area contributed by atoms with Gasteiger partial charge in [-0.15, -0.1) is 0 Å². The molecular weight excluding hydrogens is 258 g/mol. The van der Waals surface area contributed by atoms with Crippen LogP contribution in [0, 0.1) is 13.8 Å². The van der Waals surface area contributed by atoms with Crippen LogP contribution in [-0.4, -0.2) is 17.0 Å². The van der Waals surface area contributed by atoms with Crippen molar-refractivity contribution in [3.05, 3.63) is 58.5 Å². The van der Waals surface area contributed by atoms with Crippen LogP contribution in [0.4, 0.5) is 0 Å². The van der Waals surface area contributed by atoms with Crippen molar-refractivity contribution >= 4 is 11.9 Å². The highest BCUT2D eigenvalue weighted by Gasteiger charge is 2.13. The first-order valence-corrected chi connectivity index (χ1v) is 6.15. The van der Waals surface area contributed by atoms with E-state index < -0.39 is 5.97 Å².